The van der Waals surface area contributed by atoms with Gasteiger partial charge in [0.05, 0.1) is 24.8 Å². The minimum absolute atomic E-state index is 0.0679. The molecule has 1 heterocycles. The molecule has 1 unspecified atom stereocenters. The van der Waals surface area contributed by atoms with Gasteiger partial charge in [0.25, 0.3) is 5.91 Å². The lowest BCUT2D eigenvalue weighted by molar-refractivity contribution is -0.129. The van der Waals surface area contributed by atoms with Crippen molar-refractivity contribution in [3.63, 3.8) is 0 Å². The number of aliphatic hydroxyl groups is 1. The zero-order valence-corrected chi connectivity index (χ0v) is 21.6. The maximum absolute atomic E-state index is 13.4. The Labute approximate surface area is 213 Å². The van der Waals surface area contributed by atoms with Gasteiger partial charge in [0.2, 0.25) is 0 Å². The second kappa shape index (κ2) is 12.9. The molecule has 1 atom stereocenters. The average molecular weight is 493 g/mol. The first-order chi connectivity index (χ1) is 17.4. The van der Waals surface area contributed by atoms with Crippen LogP contribution in [-0.2, 0) is 9.59 Å². The molecule has 1 amide bonds. The van der Waals surface area contributed by atoms with E-state index in [9.17, 15) is 14.7 Å². The van der Waals surface area contributed by atoms with Gasteiger partial charge in [-0.15, -0.1) is 0 Å². The van der Waals surface area contributed by atoms with E-state index >= 15 is 0 Å². The van der Waals surface area contributed by atoms with Gasteiger partial charge in [-0.1, -0.05) is 56.3 Å². The van der Waals surface area contributed by atoms with E-state index in [1.54, 1.807) is 23.1 Å². The van der Waals surface area contributed by atoms with Gasteiger partial charge in [-0.2, -0.15) is 0 Å². The largest absolute Gasteiger partial charge is 0.503 e. The normalized spacial score (nSPS) is 15.9. The summed E-state index contributed by atoms with van der Waals surface area (Å²) >= 11 is 0. The maximum atomic E-state index is 13.4. The van der Waals surface area contributed by atoms with Crippen LogP contribution in [0.2, 0.25) is 0 Å². The fourth-order valence-corrected chi connectivity index (χ4v) is 4.34. The fourth-order valence-electron chi connectivity index (χ4n) is 4.34. The van der Waals surface area contributed by atoms with Crippen molar-refractivity contribution in [3.8, 4) is 11.5 Å². The summed E-state index contributed by atoms with van der Waals surface area (Å²) < 4.78 is 11.5. The van der Waals surface area contributed by atoms with Crippen molar-refractivity contribution in [1.29, 1.82) is 0 Å². The summed E-state index contributed by atoms with van der Waals surface area (Å²) in [7, 11) is 0. The highest BCUT2D eigenvalue weighted by atomic mass is 16.5. The quantitative estimate of drug-likeness (QED) is 0.405. The Hall–Kier alpha value is -3.58. The molecule has 192 valence electrons. The van der Waals surface area contributed by atoms with Gasteiger partial charge in [0.15, 0.2) is 23.0 Å². The Balaban J connectivity index is 2.03. The molecule has 0 saturated carbocycles. The number of amides is 1. The van der Waals surface area contributed by atoms with Crippen molar-refractivity contribution < 1.29 is 24.2 Å². The lowest BCUT2D eigenvalue weighted by Crippen LogP contribution is -2.38. The summed E-state index contributed by atoms with van der Waals surface area (Å²) in [6, 6.07) is 14.1. The lowest BCUT2D eigenvalue weighted by Gasteiger charge is -2.29. The number of likely N-dealkylation sites (N-methyl/N-ethyl adjacent to an activating group) is 1. The molecule has 1 aliphatic rings. The molecule has 36 heavy (non-hydrogen) atoms. The minimum atomic E-state index is -0.740. The van der Waals surface area contributed by atoms with E-state index in [0.29, 0.717) is 43.4 Å². The van der Waals surface area contributed by atoms with Crippen molar-refractivity contribution in [3.05, 3.63) is 77.1 Å². The predicted octanol–water partition coefficient (Wildman–Crippen LogP) is 4.80. The summed E-state index contributed by atoms with van der Waals surface area (Å²) in [5, 5.41) is 10.9. The van der Waals surface area contributed by atoms with Gasteiger partial charge >= 0.3 is 0 Å². The molecule has 2 aromatic rings. The number of rotatable bonds is 13. The average Bonchev–Trinajstić information content (AvgIpc) is 3.15. The van der Waals surface area contributed by atoms with Crippen LogP contribution in [-0.4, -0.2) is 66.0 Å². The van der Waals surface area contributed by atoms with E-state index in [2.05, 4.69) is 18.7 Å². The molecular weight excluding hydrogens is 456 g/mol. The number of hydrogen-bond acceptors (Lipinski definition) is 6. The third-order valence-electron chi connectivity index (χ3n) is 6.23. The van der Waals surface area contributed by atoms with E-state index in [-0.39, 0.29) is 5.57 Å². The van der Waals surface area contributed by atoms with Gasteiger partial charge in [0, 0.05) is 13.1 Å². The van der Waals surface area contributed by atoms with Gasteiger partial charge in [0.1, 0.15) is 0 Å². The third kappa shape index (κ3) is 6.15. The zero-order chi connectivity index (χ0) is 26.1. The van der Waals surface area contributed by atoms with Gasteiger partial charge in [-0.25, -0.2) is 0 Å². The molecule has 2 aromatic carbocycles. The molecule has 0 saturated heterocycles. The van der Waals surface area contributed by atoms with Crippen LogP contribution in [0.15, 0.2) is 65.9 Å². The number of ether oxygens (including phenoxy) is 2. The molecule has 1 aliphatic heterocycles. The van der Waals surface area contributed by atoms with Crippen LogP contribution in [0.4, 0.5) is 0 Å². The van der Waals surface area contributed by atoms with Gasteiger partial charge in [-0.3, -0.25) is 9.59 Å². The number of ketones is 1. The zero-order valence-electron chi connectivity index (χ0n) is 21.6. The third-order valence-corrected chi connectivity index (χ3v) is 6.23. The second-order valence-corrected chi connectivity index (χ2v) is 8.37. The van der Waals surface area contributed by atoms with Crippen LogP contribution in [0.3, 0.4) is 0 Å². The lowest BCUT2D eigenvalue weighted by atomic mass is 9.95. The molecule has 0 fully saturated rings. The van der Waals surface area contributed by atoms with E-state index in [4.69, 9.17) is 9.47 Å². The fraction of sp³-hybridized carbons (Fsp3) is 0.379. The topological polar surface area (TPSA) is 79.3 Å². The SMILES string of the molecule is CCOc1ccc(C2C(C(=O)/C=C/c3ccccc3)=C(O)C(=O)N2CCN(CC)CC)cc1OCC. The Morgan fingerprint density at radius 1 is 1.00 bits per heavy atom. The summed E-state index contributed by atoms with van der Waals surface area (Å²) in [5.41, 5.74) is 1.60. The number of hydrogen-bond donors (Lipinski definition) is 1. The first-order valence-electron chi connectivity index (χ1n) is 12.6. The van der Waals surface area contributed by atoms with Gasteiger partial charge < -0.3 is 24.4 Å². The molecule has 0 radical (unpaired) electrons. The van der Waals surface area contributed by atoms with Gasteiger partial charge in [-0.05, 0) is 56.3 Å². The molecule has 0 spiro atoms. The summed E-state index contributed by atoms with van der Waals surface area (Å²) in [6.07, 6.45) is 3.10. The van der Waals surface area contributed by atoms with E-state index in [1.165, 1.54) is 6.08 Å². The highest BCUT2D eigenvalue weighted by Gasteiger charge is 2.43. The van der Waals surface area contributed by atoms with Crippen LogP contribution in [0, 0.1) is 0 Å². The maximum Gasteiger partial charge on any atom is 0.290 e. The second-order valence-electron chi connectivity index (χ2n) is 8.37. The molecule has 7 nitrogen and oxygen atoms in total. The molecule has 0 aromatic heterocycles. The molecule has 7 heteroatoms. The first-order valence-corrected chi connectivity index (χ1v) is 12.6. The van der Waals surface area contributed by atoms with Crippen LogP contribution in [0.1, 0.15) is 44.9 Å². The number of aliphatic hydroxyl groups excluding tert-OH is 1. The highest BCUT2D eigenvalue weighted by molar-refractivity contribution is 6.14. The monoisotopic (exact) mass is 492 g/mol. The van der Waals surface area contributed by atoms with Crippen molar-refractivity contribution in [2.24, 2.45) is 0 Å². The van der Waals surface area contributed by atoms with Crippen molar-refractivity contribution >= 4 is 17.8 Å². The van der Waals surface area contributed by atoms with E-state index in [1.807, 2.05) is 50.2 Å². The summed E-state index contributed by atoms with van der Waals surface area (Å²) in [5.74, 6) is -0.338. The van der Waals surface area contributed by atoms with E-state index in [0.717, 1.165) is 18.7 Å². The first kappa shape index (κ1) is 27.0. The predicted molar refractivity (Wildman–Crippen MR) is 141 cm³/mol. The van der Waals surface area contributed by atoms with Crippen LogP contribution >= 0.6 is 0 Å². The molecular formula is C29H36N2O5. The van der Waals surface area contributed by atoms with Crippen LogP contribution in [0.5, 0.6) is 11.5 Å². The Bertz CT molecular complexity index is 1110. The minimum Gasteiger partial charge on any atom is -0.503 e. The summed E-state index contributed by atoms with van der Waals surface area (Å²) in [4.78, 5) is 30.4. The van der Waals surface area contributed by atoms with Crippen molar-refractivity contribution in [1.82, 2.24) is 9.80 Å². The standard InChI is InChI=1S/C29H36N2O5/c1-5-30(6-2)18-19-31-27(22-15-17-24(35-7-3)25(20-22)36-8-4)26(28(33)29(31)34)23(32)16-14-21-12-10-9-11-13-21/h9-17,20,27,33H,5-8,18-19H2,1-4H3/b16-14+. The number of carbonyl (C=O) groups excluding carboxylic acids is 2. The summed E-state index contributed by atoms with van der Waals surface area (Å²) in [6.45, 7) is 11.5. The van der Waals surface area contributed by atoms with Crippen LogP contribution < -0.4 is 9.47 Å². The molecule has 0 bridgehead atoms. The Kier molecular flexibility index (Phi) is 9.70. The van der Waals surface area contributed by atoms with Crippen LogP contribution in [0.25, 0.3) is 6.08 Å². The number of allylic oxidation sites excluding steroid dienone is 1. The smallest absolute Gasteiger partial charge is 0.290 e. The van der Waals surface area contributed by atoms with Crippen molar-refractivity contribution in [2.45, 2.75) is 33.7 Å². The molecule has 1 N–H and O–H groups in total. The van der Waals surface area contributed by atoms with E-state index < -0.39 is 23.5 Å². The molecule has 3 rings (SSSR count). The van der Waals surface area contributed by atoms with Crippen molar-refractivity contribution in [2.75, 3.05) is 39.4 Å². The number of carbonyl (C=O) groups is 2. The number of nitrogens with zero attached hydrogens (tertiary/aromatic N) is 2. The Morgan fingerprint density at radius 2 is 1.67 bits per heavy atom. The number of benzene rings is 2. The highest BCUT2D eigenvalue weighted by Crippen LogP contribution is 2.41. The molecule has 0 aliphatic carbocycles. The Morgan fingerprint density at radius 3 is 2.31 bits per heavy atom.